The lowest BCUT2D eigenvalue weighted by molar-refractivity contribution is -0.121. The summed E-state index contributed by atoms with van der Waals surface area (Å²) >= 11 is 1.39. The van der Waals surface area contributed by atoms with Gasteiger partial charge in [0, 0.05) is 36.5 Å². The molecule has 2 aliphatic rings. The molecule has 2 aromatic rings. The average molecular weight is 448 g/mol. The second-order valence-electron chi connectivity index (χ2n) is 8.54. The van der Waals surface area contributed by atoms with Crippen LogP contribution < -0.4 is 9.64 Å². The largest absolute Gasteiger partial charge is 0.496 e. The van der Waals surface area contributed by atoms with E-state index in [1.54, 1.807) is 19.1 Å². The van der Waals surface area contributed by atoms with Crippen LogP contribution in [0.2, 0.25) is 0 Å². The normalized spacial score (nSPS) is 20.1. The number of amides is 1. The van der Waals surface area contributed by atoms with E-state index >= 15 is 0 Å². The van der Waals surface area contributed by atoms with E-state index in [-0.39, 0.29) is 11.4 Å². The van der Waals surface area contributed by atoms with Crippen molar-refractivity contribution in [1.29, 1.82) is 0 Å². The zero-order valence-corrected chi connectivity index (χ0v) is 20.3. The Morgan fingerprint density at radius 2 is 1.91 bits per heavy atom. The highest BCUT2D eigenvalue weighted by Gasteiger charge is 2.33. The van der Waals surface area contributed by atoms with Gasteiger partial charge in [-0.05, 0) is 69.3 Å². The number of amidine groups is 1. The van der Waals surface area contributed by atoms with Crippen LogP contribution in [0, 0.1) is 0 Å². The molecule has 1 amide bonds. The van der Waals surface area contributed by atoms with Crippen molar-refractivity contribution in [2.75, 3.05) is 25.6 Å². The topological polar surface area (TPSA) is 45.1 Å². The van der Waals surface area contributed by atoms with Crippen LogP contribution in [-0.4, -0.2) is 42.2 Å². The standard InChI is InChI=1S/C26H29N3O2S/c1-7-29-21-15-22(31-6)18(13-20(21)17(2)16-26(29,3)4)14-23-24(30)28(5)25(32-23)27-19-11-9-8-10-12-19/h8-16H,7H2,1-6H3/b23-14+,27-25?. The number of likely N-dealkylation sites (N-methyl/N-ethyl adjacent to an activating group) is 2. The molecule has 0 N–H and O–H groups in total. The van der Waals surface area contributed by atoms with E-state index in [4.69, 9.17) is 4.74 Å². The van der Waals surface area contributed by atoms with Crippen LogP contribution in [-0.2, 0) is 4.79 Å². The van der Waals surface area contributed by atoms with E-state index in [1.165, 1.54) is 22.9 Å². The number of hydrogen-bond donors (Lipinski definition) is 0. The van der Waals surface area contributed by atoms with Crippen LogP contribution >= 0.6 is 11.8 Å². The number of carbonyl (C=O) groups excluding carboxylic acids is 1. The summed E-state index contributed by atoms with van der Waals surface area (Å²) < 4.78 is 5.75. The first-order valence-electron chi connectivity index (χ1n) is 10.8. The Labute approximate surface area is 194 Å². The summed E-state index contributed by atoms with van der Waals surface area (Å²) in [4.78, 5) is 22.2. The number of allylic oxidation sites excluding steroid dienone is 1. The van der Waals surface area contributed by atoms with E-state index in [9.17, 15) is 4.79 Å². The SMILES string of the molecule is CCN1c2cc(OC)c(/C=C3/SC(=Nc4ccccc4)N(C)C3=O)cc2C(C)=CC1(C)C. The number of thioether (sulfide) groups is 1. The molecule has 1 saturated heterocycles. The Kier molecular flexibility index (Phi) is 5.91. The quantitative estimate of drug-likeness (QED) is 0.543. The van der Waals surface area contributed by atoms with Crippen molar-refractivity contribution >= 4 is 45.9 Å². The van der Waals surface area contributed by atoms with Crippen molar-refractivity contribution in [2.45, 2.75) is 33.2 Å². The number of para-hydroxylation sites is 1. The summed E-state index contributed by atoms with van der Waals surface area (Å²) in [7, 11) is 3.44. The smallest absolute Gasteiger partial charge is 0.266 e. The van der Waals surface area contributed by atoms with Crippen LogP contribution in [0.1, 0.15) is 38.8 Å². The van der Waals surface area contributed by atoms with Crippen molar-refractivity contribution in [1.82, 2.24) is 4.90 Å². The number of rotatable bonds is 4. The summed E-state index contributed by atoms with van der Waals surface area (Å²) in [6, 6.07) is 13.9. The fourth-order valence-corrected chi connectivity index (χ4v) is 5.37. The van der Waals surface area contributed by atoms with Crippen molar-refractivity contribution in [3.05, 3.63) is 64.6 Å². The number of carbonyl (C=O) groups is 1. The zero-order chi connectivity index (χ0) is 23.0. The molecule has 0 atom stereocenters. The molecule has 0 bridgehead atoms. The maximum absolute atomic E-state index is 12.9. The first-order valence-corrected chi connectivity index (χ1v) is 11.6. The van der Waals surface area contributed by atoms with E-state index in [0.717, 1.165) is 29.2 Å². The fraction of sp³-hybridized carbons (Fsp3) is 0.308. The molecule has 0 unspecified atom stereocenters. The maximum atomic E-state index is 12.9. The molecule has 166 valence electrons. The van der Waals surface area contributed by atoms with E-state index in [2.05, 4.69) is 55.8 Å². The minimum atomic E-state index is -0.0698. The van der Waals surface area contributed by atoms with Gasteiger partial charge >= 0.3 is 0 Å². The van der Waals surface area contributed by atoms with Crippen LogP contribution in [0.3, 0.4) is 0 Å². The van der Waals surface area contributed by atoms with Gasteiger partial charge in [-0.3, -0.25) is 9.69 Å². The molecule has 2 heterocycles. The molecule has 0 aliphatic carbocycles. The molecule has 0 saturated carbocycles. The summed E-state index contributed by atoms with van der Waals surface area (Å²) in [5.41, 5.74) is 5.20. The molecule has 1 fully saturated rings. The third-order valence-electron chi connectivity index (χ3n) is 5.92. The molecule has 32 heavy (non-hydrogen) atoms. The number of nitrogens with zero attached hydrogens (tertiary/aromatic N) is 3. The molecular formula is C26H29N3O2S. The minimum absolute atomic E-state index is 0.0620. The van der Waals surface area contributed by atoms with Crippen molar-refractivity contribution in [3.63, 3.8) is 0 Å². The molecule has 4 rings (SSSR count). The minimum Gasteiger partial charge on any atom is -0.496 e. The van der Waals surface area contributed by atoms with E-state index in [0.29, 0.717) is 10.1 Å². The lowest BCUT2D eigenvalue weighted by Crippen LogP contribution is -2.44. The molecule has 6 heteroatoms. The lowest BCUT2D eigenvalue weighted by atomic mass is 9.87. The van der Waals surface area contributed by atoms with Gasteiger partial charge in [0.1, 0.15) is 5.75 Å². The van der Waals surface area contributed by atoms with Crippen molar-refractivity contribution < 1.29 is 9.53 Å². The van der Waals surface area contributed by atoms with Crippen molar-refractivity contribution in [3.8, 4) is 5.75 Å². The first-order chi connectivity index (χ1) is 15.2. The third kappa shape index (κ3) is 3.95. The van der Waals surface area contributed by atoms with E-state index < -0.39 is 0 Å². The molecule has 0 aromatic heterocycles. The summed E-state index contributed by atoms with van der Waals surface area (Å²) in [6.45, 7) is 9.65. The Balaban J connectivity index is 1.76. The van der Waals surface area contributed by atoms with Crippen LogP contribution in [0.5, 0.6) is 5.75 Å². The van der Waals surface area contributed by atoms with Crippen LogP contribution in [0.25, 0.3) is 11.6 Å². The highest BCUT2D eigenvalue weighted by atomic mass is 32.2. The Bertz CT molecular complexity index is 1150. The monoisotopic (exact) mass is 447 g/mol. The van der Waals surface area contributed by atoms with Crippen LogP contribution in [0.15, 0.2) is 58.4 Å². The van der Waals surface area contributed by atoms with Gasteiger partial charge in [0.2, 0.25) is 0 Å². The first kappa shape index (κ1) is 22.2. The Morgan fingerprint density at radius 3 is 2.56 bits per heavy atom. The molecule has 2 aromatic carbocycles. The average Bonchev–Trinajstić information content (AvgIpc) is 3.02. The molecule has 0 radical (unpaired) electrons. The summed E-state index contributed by atoms with van der Waals surface area (Å²) in [6.07, 6.45) is 4.22. The van der Waals surface area contributed by atoms with Gasteiger partial charge in [0.15, 0.2) is 5.17 Å². The van der Waals surface area contributed by atoms with Crippen LogP contribution in [0.4, 0.5) is 11.4 Å². The molecular weight excluding hydrogens is 418 g/mol. The number of methoxy groups -OCH3 is 1. The summed E-state index contributed by atoms with van der Waals surface area (Å²) in [5, 5.41) is 0.666. The van der Waals surface area contributed by atoms with Crippen molar-refractivity contribution in [2.24, 2.45) is 4.99 Å². The van der Waals surface area contributed by atoms with E-state index in [1.807, 2.05) is 36.4 Å². The van der Waals surface area contributed by atoms with Gasteiger partial charge in [-0.2, -0.15) is 0 Å². The number of anilines is 1. The lowest BCUT2D eigenvalue weighted by Gasteiger charge is -2.43. The Hall–Kier alpha value is -2.99. The molecule has 0 spiro atoms. The van der Waals surface area contributed by atoms with Gasteiger partial charge in [-0.15, -0.1) is 0 Å². The predicted molar refractivity (Wildman–Crippen MR) is 136 cm³/mol. The fourth-order valence-electron chi connectivity index (χ4n) is 4.39. The summed E-state index contributed by atoms with van der Waals surface area (Å²) in [5.74, 6) is 0.692. The Morgan fingerprint density at radius 1 is 1.19 bits per heavy atom. The predicted octanol–water partition coefficient (Wildman–Crippen LogP) is 5.95. The maximum Gasteiger partial charge on any atom is 0.266 e. The molecule has 2 aliphatic heterocycles. The number of hydrogen-bond acceptors (Lipinski definition) is 5. The third-order valence-corrected chi connectivity index (χ3v) is 6.98. The highest BCUT2D eigenvalue weighted by Crippen LogP contribution is 2.43. The van der Waals surface area contributed by atoms with Gasteiger partial charge in [0.25, 0.3) is 5.91 Å². The second-order valence-corrected chi connectivity index (χ2v) is 9.55. The van der Waals surface area contributed by atoms with Gasteiger partial charge in [-0.25, -0.2) is 4.99 Å². The highest BCUT2D eigenvalue weighted by molar-refractivity contribution is 8.18. The molecule has 5 nitrogen and oxygen atoms in total. The number of aliphatic imine (C=N–C) groups is 1. The van der Waals surface area contributed by atoms with Gasteiger partial charge < -0.3 is 9.64 Å². The van der Waals surface area contributed by atoms with Gasteiger partial charge in [0.05, 0.1) is 23.2 Å². The van der Waals surface area contributed by atoms with Gasteiger partial charge in [-0.1, -0.05) is 24.3 Å². The number of fused-ring (bicyclic) bond motifs is 1. The number of benzene rings is 2. The second kappa shape index (κ2) is 8.51. The number of ether oxygens (including phenoxy) is 1. The zero-order valence-electron chi connectivity index (χ0n) is 19.5.